The van der Waals surface area contributed by atoms with Gasteiger partial charge in [-0.05, 0) is 18.4 Å². The highest BCUT2D eigenvalue weighted by Crippen LogP contribution is 2.25. The lowest BCUT2D eigenvalue weighted by Gasteiger charge is -2.33. The number of benzene rings is 1. The lowest BCUT2D eigenvalue weighted by atomic mass is 9.96. The Morgan fingerprint density at radius 1 is 1.14 bits per heavy atom. The molecule has 5 nitrogen and oxygen atoms in total. The molecule has 22 heavy (non-hydrogen) atoms. The third kappa shape index (κ3) is 4.06. The van der Waals surface area contributed by atoms with Crippen LogP contribution in [0, 0.1) is 5.92 Å². The van der Waals surface area contributed by atoms with E-state index in [4.69, 9.17) is 14.2 Å². The van der Waals surface area contributed by atoms with Crippen LogP contribution in [-0.4, -0.2) is 50.0 Å². The number of carbonyl (C=O) groups excluding carboxylic acids is 1. The van der Waals surface area contributed by atoms with Gasteiger partial charge >= 0.3 is 0 Å². The number of hydrogen-bond donors (Lipinski definition) is 0. The lowest BCUT2D eigenvalue weighted by Crippen LogP contribution is -2.42. The van der Waals surface area contributed by atoms with Gasteiger partial charge in [0.25, 0.3) is 0 Å². The van der Waals surface area contributed by atoms with Crippen molar-refractivity contribution in [2.75, 3.05) is 32.9 Å². The van der Waals surface area contributed by atoms with E-state index >= 15 is 0 Å². The first-order chi connectivity index (χ1) is 10.8. The molecule has 2 fully saturated rings. The van der Waals surface area contributed by atoms with Crippen LogP contribution in [0.15, 0.2) is 30.3 Å². The summed E-state index contributed by atoms with van der Waals surface area (Å²) >= 11 is 0. The minimum Gasteiger partial charge on any atom is -0.367 e. The van der Waals surface area contributed by atoms with E-state index in [9.17, 15) is 4.79 Å². The summed E-state index contributed by atoms with van der Waals surface area (Å²) in [6.45, 7) is 3.54. The second-order valence-corrected chi connectivity index (χ2v) is 5.81. The Bertz CT molecular complexity index is 465. The zero-order chi connectivity index (χ0) is 15.2. The number of carbonyl (C=O) groups is 1. The highest BCUT2D eigenvalue weighted by molar-refractivity contribution is 5.77. The molecule has 1 amide bonds. The normalized spacial score (nSPS) is 20.5. The maximum absolute atomic E-state index is 12.2. The Labute approximate surface area is 131 Å². The van der Waals surface area contributed by atoms with Crippen molar-refractivity contribution in [1.29, 1.82) is 0 Å². The average molecular weight is 305 g/mol. The van der Waals surface area contributed by atoms with Crippen LogP contribution in [0.25, 0.3) is 0 Å². The molecule has 0 aliphatic carbocycles. The summed E-state index contributed by atoms with van der Waals surface area (Å²) in [5.74, 6) is 0.486. The first kappa shape index (κ1) is 15.5. The standard InChI is InChI=1S/C17H23NO4/c19-16(13-20-12-14-4-2-1-3-5-14)18-8-6-15(7-9-18)17-21-10-11-22-17/h1-5,15,17H,6-13H2. The summed E-state index contributed by atoms with van der Waals surface area (Å²) in [4.78, 5) is 14.0. The Kier molecular flexibility index (Phi) is 5.43. The number of rotatable bonds is 5. The number of likely N-dealkylation sites (tertiary alicyclic amines) is 1. The summed E-state index contributed by atoms with van der Waals surface area (Å²) in [5, 5.41) is 0. The largest absolute Gasteiger partial charge is 0.367 e. The molecule has 5 heteroatoms. The predicted octanol–water partition coefficient (Wildman–Crippen LogP) is 1.81. The van der Waals surface area contributed by atoms with E-state index in [1.807, 2.05) is 35.2 Å². The van der Waals surface area contributed by atoms with E-state index < -0.39 is 0 Å². The van der Waals surface area contributed by atoms with Crippen molar-refractivity contribution in [3.8, 4) is 0 Å². The third-order valence-corrected chi connectivity index (χ3v) is 4.26. The number of nitrogens with zero attached hydrogens (tertiary/aromatic N) is 1. The van der Waals surface area contributed by atoms with Crippen LogP contribution < -0.4 is 0 Å². The maximum Gasteiger partial charge on any atom is 0.248 e. The van der Waals surface area contributed by atoms with Gasteiger partial charge < -0.3 is 19.1 Å². The molecular formula is C17H23NO4. The van der Waals surface area contributed by atoms with Gasteiger partial charge in [-0.25, -0.2) is 0 Å². The van der Waals surface area contributed by atoms with E-state index in [1.54, 1.807) is 0 Å². The minimum absolute atomic E-state index is 0.0633. The van der Waals surface area contributed by atoms with Crippen molar-refractivity contribution in [3.63, 3.8) is 0 Å². The molecule has 0 bridgehead atoms. The van der Waals surface area contributed by atoms with Crippen molar-refractivity contribution in [2.24, 2.45) is 5.92 Å². The van der Waals surface area contributed by atoms with Gasteiger partial charge in [-0.2, -0.15) is 0 Å². The smallest absolute Gasteiger partial charge is 0.248 e. The van der Waals surface area contributed by atoms with Crippen LogP contribution in [0.3, 0.4) is 0 Å². The lowest BCUT2D eigenvalue weighted by molar-refractivity contribution is -0.141. The molecule has 1 aromatic carbocycles. The molecule has 2 aliphatic rings. The third-order valence-electron chi connectivity index (χ3n) is 4.26. The molecule has 0 radical (unpaired) electrons. The van der Waals surface area contributed by atoms with Gasteiger partial charge in [0.05, 0.1) is 19.8 Å². The van der Waals surface area contributed by atoms with Gasteiger partial charge in [-0.1, -0.05) is 30.3 Å². The van der Waals surface area contributed by atoms with E-state index in [-0.39, 0.29) is 18.8 Å². The molecule has 2 heterocycles. The molecule has 0 spiro atoms. The van der Waals surface area contributed by atoms with Crippen LogP contribution in [0.5, 0.6) is 0 Å². The monoisotopic (exact) mass is 305 g/mol. The molecule has 3 rings (SSSR count). The SMILES string of the molecule is O=C(COCc1ccccc1)N1CCC(C2OCCO2)CC1. The van der Waals surface area contributed by atoms with Crippen molar-refractivity contribution < 1.29 is 19.0 Å². The molecular weight excluding hydrogens is 282 g/mol. The molecule has 2 saturated heterocycles. The summed E-state index contributed by atoms with van der Waals surface area (Å²) in [7, 11) is 0. The van der Waals surface area contributed by atoms with Gasteiger partial charge in [0, 0.05) is 19.0 Å². The van der Waals surface area contributed by atoms with E-state index in [2.05, 4.69) is 0 Å². The summed E-state index contributed by atoms with van der Waals surface area (Å²) in [6.07, 6.45) is 1.82. The Morgan fingerprint density at radius 3 is 2.50 bits per heavy atom. The molecule has 0 aromatic heterocycles. The maximum atomic E-state index is 12.2. The minimum atomic E-state index is -0.0633. The van der Waals surface area contributed by atoms with Gasteiger partial charge in [0.2, 0.25) is 5.91 Å². The van der Waals surface area contributed by atoms with Crippen LogP contribution in [0.2, 0.25) is 0 Å². The molecule has 120 valence electrons. The van der Waals surface area contributed by atoms with Gasteiger partial charge in [-0.15, -0.1) is 0 Å². The van der Waals surface area contributed by atoms with Crippen molar-refractivity contribution >= 4 is 5.91 Å². The second kappa shape index (κ2) is 7.72. The predicted molar refractivity (Wildman–Crippen MR) is 81.1 cm³/mol. The van der Waals surface area contributed by atoms with E-state index in [0.29, 0.717) is 25.7 Å². The van der Waals surface area contributed by atoms with Crippen LogP contribution in [-0.2, 0) is 25.6 Å². The Morgan fingerprint density at radius 2 is 1.82 bits per heavy atom. The first-order valence-corrected chi connectivity index (χ1v) is 7.95. The molecule has 0 N–H and O–H groups in total. The molecule has 0 saturated carbocycles. The van der Waals surface area contributed by atoms with Gasteiger partial charge in [-0.3, -0.25) is 4.79 Å². The quantitative estimate of drug-likeness (QED) is 0.832. The van der Waals surface area contributed by atoms with E-state index in [0.717, 1.165) is 31.5 Å². The average Bonchev–Trinajstić information content (AvgIpc) is 3.10. The van der Waals surface area contributed by atoms with Crippen LogP contribution >= 0.6 is 0 Å². The first-order valence-electron chi connectivity index (χ1n) is 7.95. The fraction of sp³-hybridized carbons (Fsp3) is 0.588. The molecule has 0 unspecified atom stereocenters. The summed E-state index contributed by atoms with van der Waals surface area (Å²) in [5.41, 5.74) is 1.09. The molecule has 2 aliphatic heterocycles. The van der Waals surface area contributed by atoms with Crippen molar-refractivity contribution in [3.05, 3.63) is 35.9 Å². The van der Waals surface area contributed by atoms with Crippen molar-refractivity contribution in [2.45, 2.75) is 25.7 Å². The van der Waals surface area contributed by atoms with Crippen LogP contribution in [0.1, 0.15) is 18.4 Å². The number of ether oxygens (including phenoxy) is 3. The zero-order valence-corrected chi connectivity index (χ0v) is 12.8. The fourth-order valence-electron chi connectivity index (χ4n) is 2.99. The molecule has 0 atom stereocenters. The summed E-state index contributed by atoms with van der Waals surface area (Å²) in [6, 6.07) is 9.91. The second-order valence-electron chi connectivity index (χ2n) is 5.81. The highest BCUT2D eigenvalue weighted by Gasteiger charge is 2.31. The summed E-state index contributed by atoms with van der Waals surface area (Å²) < 4.78 is 16.6. The van der Waals surface area contributed by atoms with Gasteiger partial charge in [0.1, 0.15) is 6.61 Å². The fourth-order valence-corrected chi connectivity index (χ4v) is 2.99. The Balaban J connectivity index is 1.36. The number of piperidine rings is 1. The van der Waals surface area contributed by atoms with Crippen molar-refractivity contribution in [1.82, 2.24) is 4.90 Å². The topological polar surface area (TPSA) is 48.0 Å². The Hall–Kier alpha value is -1.43. The van der Waals surface area contributed by atoms with Crippen LogP contribution in [0.4, 0.5) is 0 Å². The number of amides is 1. The zero-order valence-electron chi connectivity index (χ0n) is 12.8. The highest BCUT2D eigenvalue weighted by atomic mass is 16.7. The number of hydrogen-bond acceptors (Lipinski definition) is 4. The van der Waals surface area contributed by atoms with Gasteiger partial charge in [0.15, 0.2) is 6.29 Å². The van der Waals surface area contributed by atoms with E-state index in [1.165, 1.54) is 0 Å². The molecule has 1 aromatic rings.